The van der Waals surface area contributed by atoms with Gasteiger partial charge in [0.2, 0.25) is 11.2 Å². The average molecular weight is 269 g/mol. The van der Waals surface area contributed by atoms with Crippen molar-refractivity contribution in [1.82, 2.24) is 15.0 Å². The zero-order valence-electron chi connectivity index (χ0n) is 8.92. The molecule has 5 nitrogen and oxygen atoms in total. The summed E-state index contributed by atoms with van der Waals surface area (Å²) in [5.74, 6) is 0.644. The van der Waals surface area contributed by atoms with Crippen LogP contribution in [0, 0.1) is 0 Å². The minimum absolute atomic E-state index is 0.00762. The van der Waals surface area contributed by atoms with Gasteiger partial charge in [0.1, 0.15) is 5.75 Å². The quantitative estimate of drug-likeness (QED) is 0.863. The Labute approximate surface area is 107 Å². The van der Waals surface area contributed by atoms with Gasteiger partial charge < -0.3 is 10.5 Å². The van der Waals surface area contributed by atoms with Crippen LogP contribution in [0.15, 0.2) is 29.2 Å². The van der Waals surface area contributed by atoms with Gasteiger partial charge in [-0.3, -0.25) is 0 Å². The zero-order chi connectivity index (χ0) is 12.3. The van der Waals surface area contributed by atoms with Crippen molar-refractivity contribution < 1.29 is 4.74 Å². The molecule has 0 amide bonds. The van der Waals surface area contributed by atoms with Gasteiger partial charge in [0.15, 0.2) is 0 Å². The molecule has 1 aromatic carbocycles. The largest absolute Gasteiger partial charge is 0.424 e. The van der Waals surface area contributed by atoms with E-state index in [4.69, 9.17) is 22.1 Å². The maximum Gasteiger partial charge on any atom is 0.328 e. The number of aromatic nitrogens is 3. The molecule has 2 N–H and O–H groups in total. The number of benzene rings is 1. The summed E-state index contributed by atoms with van der Waals surface area (Å²) < 4.78 is 5.40. The second kappa shape index (κ2) is 5.20. The second-order valence-electron chi connectivity index (χ2n) is 3.02. The predicted molar refractivity (Wildman–Crippen MR) is 67.5 cm³/mol. The Balaban J connectivity index is 2.19. The molecular weight excluding hydrogens is 260 g/mol. The minimum Gasteiger partial charge on any atom is -0.424 e. The van der Waals surface area contributed by atoms with E-state index in [1.54, 1.807) is 11.8 Å². The number of halogens is 1. The van der Waals surface area contributed by atoms with Crippen molar-refractivity contribution in [3.63, 3.8) is 0 Å². The number of hydrogen-bond donors (Lipinski definition) is 1. The van der Waals surface area contributed by atoms with E-state index in [1.165, 1.54) is 0 Å². The summed E-state index contributed by atoms with van der Waals surface area (Å²) >= 11 is 7.29. The van der Waals surface area contributed by atoms with Crippen LogP contribution in [0.3, 0.4) is 0 Å². The molecule has 0 spiro atoms. The summed E-state index contributed by atoms with van der Waals surface area (Å²) in [6.07, 6.45) is 2.00. The fourth-order valence-corrected chi connectivity index (χ4v) is 1.71. The van der Waals surface area contributed by atoms with Gasteiger partial charge in [0.25, 0.3) is 0 Å². The Kier molecular flexibility index (Phi) is 3.65. The van der Waals surface area contributed by atoms with E-state index in [2.05, 4.69) is 15.0 Å². The lowest BCUT2D eigenvalue weighted by Crippen LogP contribution is -2.00. The molecule has 0 saturated heterocycles. The third kappa shape index (κ3) is 3.21. The van der Waals surface area contributed by atoms with Gasteiger partial charge in [0.05, 0.1) is 0 Å². The molecule has 88 valence electrons. The number of nitrogens with zero attached hydrogens (tertiary/aromatic N) is 3. The van der Waals surface area contributed by atoms with Crippen LogP contribution in [0.2, 0.25) is 5.28 Å². The van der Waals surface area contributed by atoms with Crippen LogP contribution in [0.5, 0.6) is 11.8 Å². The predicted octanol–water partition coefficient (Wildman–Crippen LogP) is 2.62. The number of anilines is 1. The highest BCUT2D eigenvalue weighted by Gasteiger charge is 2.04. The maximum absolute atomic E-state index is 5.64. The lowest BCUT2D eigenvalue weighted by atomic mass is 10.3. The van der Waals surface area contributed by atoms with Crippen molar-refractivity contribution in [2.75, 3.05) is 12.0 Å². The minimum atomic E-state index is 0.00762. The molecular formula is C10H9ClN4OS. The van der Waals surface area contributed by atoms with Crippen molar-refractivity contribution in [2.24, 2.45) is 0 Å². The zero-order valence-corrected chi connectivity index (χ0v) is 10.5. The van der Waals surface area contributed by atoms with Gasteiger partial charge in [-0.1, -0.05) is 0 Å². The molecule has 0 saturated carbocycles. The monoisotopic (exact) mass is 268 g/mol. The van der Waals surface area contributed by atoms with Crippen LogP contribution in [0.1, 0.15) is 0 Å². The number of nitrogen functional groups attached to an aromatic ring is 1. The third-order valence-corrected chi connectivity index (χ3v) is 2.79. The highest BCUT2D eigenvalue weighted by atomic mass is 35.5. The number of thioether (sulfide) groups is 1. The summed E-state index contributed by atoms with van der Waals surface area (Å²) in [5, 5.41) is 0.00762. The van der Waals surface area contributed by atoms with Crippen LogP contribution in [-0.4, -0.2) is 21.2 Å². The molecule has 0 aliphatic heterocycles. The van der Waals surface area contributed by atoms with E-state index in [0.29, 0.717) is 5.75 Å². The third-order valence-electron chi connectivity index (χ3n) is 1.87. The highest BCUT2D eigenvalue weighted by molar-refractivity contribution is 7.98. The van der Waals surface area contributed by atoms with Crippen molar-refractivity contribution in [3.05, 3.63) is 29.5 Å². The molecule has 0 radical (unpaired) electrons. The molecule has 2 rings (SSSR count). The Morgan fingerprint density at radius 2 is 1.88 bits per heavy atom. The summed E-state index contributed by atoms with van der Waals surface area (Å²) in [4.78, 5) is 12.4. The molecule has 7 heteroatoms. The van der Waals surface area contributed by atoms with Gasteiger partial charge >= 0.3 is 6.01 Å². The van der Waals surface area contributed by atoms with Gasteiger partial charge in [-0.25, -0.2) is 0 Å². The van der Waals surface area contributed by atoms with Crippen molar-refractivity contribution >= 4 is 29.3 Å². The fourth-order valence-electron chi connectivity index (χ4n) is 1.14. The van der Waals surface area contributed by atoms with Gasteiger partial charge in [-0.15, -0.1) is 11.8 Å². The van der Waals surface area contributed by atoms with E-state index >= 15 is 0 Å². The molecule has 0 aliphatic rings. The van der Waals surface area contributed by atoms with Gasteiger partial charge in [-0.2, -0.15) is 15.0 Å². The molecule has 0 unspecified atom stereocenters. The summed E-state index contributed by atoms with van der Waals surface area (Å²) in [5.41, 5.74) is 5.43. The van der Waals surface area contributed by atoms with Crippen LogP contribution in [-0.2, 0) is 0 Å². The lowest BCUT2D eigenvalue weighted by Gasteiger charge is -2.04. The van der Waals surface area contributed by atoms with Crippen LogP contribution >= 0.6 is 23.4 Å². The molecule has 0 aliphatic carbocycles. The maximum atomic E-state index is 5.64. The smallest absolute Gasteiger partial charge is 0.328 e. The van der Waals surface area contributed by atoms with E-state index < -0.39 is 0 Å². The van der Waals surface area contributed by atoms with Crippen LogP contribution in [0.4, 0.5) is 5.95 Å². The molecule has 1 aromatic heterocycles. The first-order valence-electron chi connectivity index (χ1n) is 4.66. The fraction of sp³-hybridized carbons (Fsp3) is 0.100. The molecule has 0 atom stereocenters. The SMILES string of the molecule is CSc1ccc(Oc2nc(N)nc(Cl)n2)cc1. The normalized spacial score (nSPS) is 10.2. The molecule has 0 bridgehead atoms. The average Bonchev–Trinajstić information content (AvgIpc) is 2.28. The Morgan fingerprint density at radius 1 is 1.18 bits per heavy atom. The number of rotatable bonds is 3. The van der Waals surface area contributed by atoms with Gasteiger partial charge in [-0.05, 0) is 42.1 Å². The Morgan fingerprint density at radius 3 is 2.47 bits per heavy atom. The molecule has 1 heterocycles. The van der Waals surface area contributed by atoms with E-state index in [1.807, 2.05) is 30.5 Å². The number of ether oxygens (including phenoxy) is 1. The summed E-state index contributed by atoms with van der Waals surface area (Å²) in [6, 6.07) is 7.59. The molecule has 17 heavy (non-hydrogen) atoms. The lowest BCUT2D eigenvalue weighted by molar-refractivity contribution is 0.440. The Hall–Kier alpha value is -1.53. The highest BCUT2D eigenvalue weighted by Crippen LogP contribution is 2.22. The first-order valence-corrected chi connectivity index (χ1v) is 6.26. The van der Waals surface area contributed by atoms with E-state index in [-0.39, 0.29) is 17.2 Å². The van der Waals surface area contributed by atoms with Crippen LogP contribution in [0.25, 0.3) is 0 Å². The number of nitrogens with two attached hydrogens (primary N) is 1. The van der Waals surface area contributed by atoms with E-state index in [0.717, 1.165) is 4.90 Å². The summed E-state index contributed by atoms with van der Waals surface area (Å²) in [7, 11) is 0. The van der Waals surface area contributed by atoms with Crippen molar-refractivity contribution in [2.45, 2.75) is 4.90 Å². The number of hydrogen-bond acceptors (Lipinski definition) is 6. The Bertz CT molecular complexity index is 500. The standard InChI is InChI=1S/C10H9ClN4OS/c1-17-7-4-2-6(3-5-7)16-10-14-8(11)13-9(12)15-10/h2-5H,1H3,(H2,12,13,14,15). The van der Waals surface area contributed by atoms with Crippen molar-refractivity contribution in [1.29, 1.82) is 0 Å². The van der Waals surface area contributed by atoms with Crippen molar-refractivity contribution in [3.8, 4) is 11.8 Å². The topological polar surface area (TPSA) is 73.9 Å². The first kappa shape index (κ1) is 11.9. The second-order valence-corrected chi connectivity index (χ2v) is 4.24. The van der Waals surface area contributed by atoms with Crippen LogP contribution < -0.4 is 10.5 Å². The molecule has 0 fully saturated rings. The first-order chi connectivity index (χ1) is 8.17. The molecule has 2 aromatic rings. The van der Waals surface area contributed by atoms with E-state index in [9.17, 15) is 0 Å². The van der Waals surface area contributed by atoms with Gasteiger partial charge in [0, 0.05) is 4.90 Å². The summed E-state index contributed by atoms with van der Waals surface area (Å²) in [6.45, 7) is 0.